The number of aliphatic carboxylic acids is 1. The molecule has 2 amide bonds. The van der Waals surface area contributed by atoms with Gasteiger partial charge >= 0.3 is 12.0 Å². The molecular weight excluding hydrogens is 244 g/mol. The van der Waals surface area contributed by atoms with Crippen molar-refractivity contribution in [1.29, 1.82) is 0 Å². The molecule has 0 bridgehead atoms. The van der Waals surface area contributed by atoms with Gasteiger partial charge in [0, 0.05) is 13.6 Å². The van der Waals surface area contributed by atoms with Crippen molar-refractivity contribution in [1.82, 2.24) is 10.2 Å². The molecule has 0 heterocycles. The Morgan fingerprint density at radius 2 is 2.00 bits per heavy atom. The number of nitrogens with zero attached hydrogens (tertiary/aromatic N) is 1. The zero-order valence-corrected chi connectivity index (χ0v) is 11.3. The fourth-order valence-corrected chi connectivity index (χ4v) is 2.92. The van der Waals surface area contributed by atoms with Gasteiger partial charge in [-0.05, 0) is 25.2 Å². The van der Waals surface area contributed by atoms with E-state index in [4.69, 9.17) is 5.11 Å². The summed E-state index contributed by atoms with van der Waals surface area (Å²) in [4.78, 5) is 24.5. The van der Waals surface area contributed by atoms with Crippen molar-refractivity contribution >= 4 is 12.0 Å². The van der Waals surface area contributed by atoms with E-state index in [0.717, 1.165) is 6.54 Å². The van der Waals surface area contributed by atoms with Gasteiger partial charge < -0.3 is 15.3 Å². The summed E-state index contributed by atoms with van der Waals surface area (Å²) in [6, 6.07) is -0.257. The lowest BCUT2D eigenvalue weighted by Gasteiger charge is -2.23. The molecule has 2 aliphatic carbocycles. The minimum atomic E-state index is -0.827. The van der Waals surface area contributed by atoms with Crippen LogP contribution in [0.4, 0.5) is 4.79 Å². The van der Waals surface area contributed by atoms with Crippen molar-refractivity contribution in [2.24, 2.45) is 11.8 Å². The predicted octanol–water partition coefficient (Wildman–Crippen LogP) is 1.85. The molecule has 2 unspecified atom stereocenters. The van der Waals surface area contributed by atoms with Crippen LogP contribution in [-0.4, -0.2) is 41.6 Å². The smallest absolute Gasteiger partial charge is 0.317 e. The first-order valence-corrected chi connectivity index (χ1v) is 6.99. The van der Waals surface area contributed by atoms with Crippen molar-refractivity contribution in [3.8, 4) is 0 Å². The first-order valence-electron chi connectivity index (χ1n) is 6.99. The van der Waals surface area contributed by atoms with Gasteiger partial charge in [0.1, 0.15) is 0 Å². The van der Waals surface area contributed by atoms with Crippen LogP contribution in [0, 0.1) is 11.8 Å². The number of carbonyl (C=O) groups is 2. The number of hydrogen-bond acceptors (Lipinski definition) is 2. The second-order valence-electron chi connectivity index (χ2n) is 5.65. The Kier molecular flexibility index (Phi) is 4.45. The summed E-state index contributed by atoms with van der Waals surface area (Å²) in [6.45, 7) is 0.796. The Morgan fingerprint density at radius 3 is 2.58 bits per heavy atom. The standard InChI is InChI=1S/C14H22N2O3/c1-16(9-10-4-2-3-5-10)14(19)15-12-7-6-11(8-12)13(17)18/h6-7,10-12H,2-5,8-9H2,1H3,(H,15,19)(H,17,18). The van der Waals surface area contributed by atoms with E-state index < -0.39 is 11.9 Å². The zero-order valence-electron chi connectivity index (χ0n) is 11.3. The molecule has 2 atom stereocenters. The Balaban J connectivity index is 1.75. The summed E-state index contributed by atoms with van der Waals surface area (Å²) in [5.74, 6) is -0.667. The van der Waals surface area contributed by atoms with Crippen LogP contribution < -0.4 is 5.32 Å². The number of urea groups is 1. The molecule has 1 saturated carbocycles. The fraction of sp³-hybridized carbons (Fsp3) is 0.714. The molecular formula is C14H22N2O3. The molecule has 106 valence electrons. The van der Waals surface area contributed by atoms with Gasteiger partial charge in [0.2, 0.25) is 0 Å². The molecule has 2 rings (SSSR count). The van der Waals surface area contributed by atoms with Crippen LogP contribution in [0.1, 0.15) is 32.1 Å². The van der Waals surface area contributed by atoms with Crippen LogP contribution in [0.5, 0.6) is 0 Å². The molecule has 5 nitrogen and oxygen atoms in total. The number of hydrogen-bond donors (Lipinski definition) is 2. The third kappa shape index (κ3) is 3.72. The molecule has 0 aliphatic heterocycles. The Labute approximate surface area is 113 Å². The van der Waals surface area contributed by atoms with Crippen molar-refractivity contribution in [3.63, 3.8) is 0 Å². The molecule has 0 radical (unpaired) electrons. The summed E-state index contributed by atoms with van der Waals surface area (Å²) < 4.78 is 0. The summed E-state index contributed by atoms with van der Waals surface area (Å²) in [7, 11) is 1.81. The lowest BCUT2D eigenvalue weighted by molar-refractivity contribution is -0.140. The molecule has 0 aromatic rings. The minimum absolute atomic E-state index is 0.104. The first kappa shape index (κ1) is 13.9. The highest BCUT2D eigenvalue weighted by Gasteiger charge is 2.26. The van der Waals surface area contributed by atoms with Crippen LogP contribution in [0.2, 0.25) is 0 Å². The summed E-state index contributed by atoms with van der Waals surface area (Å²) in [6.07, 6.45) is 8.85. The van der Waals surface area contributed by atoms with Crippen molar-refractivity contribution in [3.05, 3.63) is 12.2 Å². The highest BCUT2D eigenvalue weighted by molar-refractivity contribution is 5.76. The van der Waals surface area contributed by atoms with Gasteiger partial charge in [-0.25, -0.2) is 4.79 Å². The highest BCUT2D eigenvalue weighted by Crippen LogP contribution is 2.25. The normalized spacial score (nSPS) is 26.6. The van der Waals surface area contributed by atoms with Gasteiger partial charge in [0.15, 0.2) is 0 Å². The van der Waals surface area contributed by atoms with Crippen molar-refractivity contribution in [2.75, 3.05) is 13.6 Å². The van der Waals surface area contributed by atoms with Crippen LogP contribution in [0.15, 0.2) is 12.2 Å². The summed E-state index contributed by atoms with van der Waals surface area (Å²) in [5, 5.41) is 11.8. The van der Waals surface area contributed by atoms with E-state index >= 15 is 0 Å². The number of carboxylic acids is 1. The largest absolute Gasteiger partial charge is 0.481 e. The van der Waals surface area contributed by atoms with Gasteiger partial charge in [-0.1, -0.05) is 25.0 Å². The average Bonchev–Trinajstić information content (AvgIpc) is 2.99. The Hall–Kier alpha value is -1.52. The Morgan fingerprint density at radius 1 is 1.32 bits per heavy atom. The molecule has 0 aromatic carbocycles. The van der Waals surface area contributed by atoms with Gasteiger partial charge in [-0.2, -0.15) is 0 Å². The molecule has 0 aromatic heterocycles. The number of carboxylic acid groups (broad SMARTS) is 1. The summed E-state index contributed by atoms with van der Waals surface area (Å²) >= 11 is 0. The Bertz CT molecular complexity index is 375. The third-order valence-corrected chi connectivity index (χ3v) is 4.06. The monoisotopic (exact) mass is 266 g/mol. The maximum atomic E-state index is 12.0. The predicted molar refractivity (Wildman–Crippen MR) is 71.8 cm³/mol. The molecule has 19 heavy (non-hydrogen) atoms. The molecule has 2 N–H and O–H groups in total. The topological polar surface area (TPSA) is 69.6 Å². The van der Waals surface area contributed by atoms with Gasteiger partial charge in [0.05, 0.1) is 12.0 Å². The first-order chi connectivity index (χ1) is 9.06. The third-order valence-electron chi connectivity index (χ3n) is 4.06. The molecule has 1 fully saturated rings. The highest BCUT2D eigenvalue weighted by atomic mass is 16.4. The zero-order chi connectivity index (χ0) is 13.8. The maximum Gasteiger partial charge on any atom is 0.317 e. The van der Waals surface area contributed by atoms with Crippen molar-refractivity contribution in [2.45, 2.75) is 38.1 Å². The minimum Gasteiger partial charge on any atom is -0.481 e. The molecule has 2 aliphatic rings. The quantitative estimate of drug-likeness (QED) is 0.763. The number of carbonyl (C=O) groups excluding carboxylic acids is 1. The molecule has 0 saturated heterocycles. The van der Waals surface area contributed by atoms with Crippen LogP contribution >= 0.6 is 0 Å². The lowest BCUT2D eigenvalue weighted by atomic mass is 10.1. The fourth-order valence-electron chi connectivity index (χ4n) is 2.92. The second kappa shape index (κ2) is 6.08. The van der Waals surface area contributed by atoms with E-state index in [1.54, 1.807) is 24.1 Å². The van der Waals surface area contributed by atoms with E-state index in [1.165, 1.54) is 25.7 Å². The SMILES string of the molecule is CN(CC1CCCC1)C(=O)NC1C=CC(C(=O)O)C1. The number of nitrogens with one attached hydrogen (secondary N) is 1. The van der Waals surface area contributed by atoms with Crippen molar-refractivity contribution < 1.29 is 14.7 Å². The van der Waals surface area contributed by atoms with Crippen LogP contribution in [0.3, 0.4) is 0 Å². The molecule has 0 spiro atoms. The number of amides is 2. The van der Waals surface area contributed by atoms with Gasteiger partial charge in [-0.3, -0.25) is 4.79 Å². The summed E-state index contributed by atoms with van der Waals surface area (Å²) in [5.41, 5.74) is 0. The van der Waals surface area contributed by atoms with E-state index in [1.807, 2.05) is 0 Å². The molecule has 5 heteroatoms. The van der Waals surface area contributed by atoms with Crippen LogP contribution in [0.25, 0.3) is 0 Å². The number of rotatable bonds is 4. The second-order valence-corrected chi connectivity index (χ2v) is 5.65. The van der Waals surface area contributed by atoms with E-state index in [0.29, 0.717) is 12.3 Å². The van der Waals surface area contributed by atoms with Gasteiger partial charge in [-0.15, -0.1) is 0 Å². The maximum absolute atomic E-state index is 12.0. The van der Waals surface area contributed by atoms with E-state index in [-0.39, 0.29) is 12.1 Å². The van der Waals surface area contributed by atoms with Gasteiger partial charge in [0.25, 0.3) is 0 Å². The van der Waals surface area contributed by atoms with Crippen LogP contribution in [-0.2, 0) is 4.79 Å². The van der Waals surface area contributed by atoms with E-state index in [9.17, 15) is 9.59 Å². The lowest BCUT2D eigenvalue weighted by Crippen LogP contribution is -2.43. The van der Waals surface area contributed by atoms with E-state index in [2.05, 4.69) is 5.32 Å². The average molecular weight is 266 g/mol.